The van der Waals surface area contributed by atoms with Gasteiger partial charge in [-0.2, -0.15) is 5.26 Å². The van der Waals surface area contributed by atoms with Crippen LogP contribution in [0.5, 0.6) is 5.75 Å². The van der Waals surface area contributed by atoms with Crippen molar-refractivity contribution in [1.82, 2.24) is 0 Å². The molecule has 4 nitrogen and oxygen atoms in total. The summed E-state index contributed by atoms with van der Waals surface area (Å²) >= 11 is 0. The Morgan fingerprint density at radius 3 is 2.14 bits per heavy atom. The summed E-state index contributed by atoms with van der Waals surface area (Å²) in [7, 11) is 3.33. The van der Waals surface area contributed by atoms with Crippen molar-refractivity contribution in [3.8, 4) is 11.8 Å². The molecule has 1 aromatic rings. The molecule has 0 fully saturated rings. The summed E-state index contributed by atoms with van der Waals surface area (Å²) in [6, 6.07) is 9.56. The molecule has 21 heavy (non-hydrogen) atoms. The van der Waals surface area contributed by atoms with E-state index in [1.54, 1.807) is 19.1 Å². The molecule has 1 amide bonds. The van der Waals surface area contributed by atoms with E-state index in [-0.39, 0.29) is 5.91 Å². The van der Waals surface area contributed by atoms with E-state index >= 15 is 0 Å². The SMILES string of the molecule is CCCC(C#N)(CCC)C(=O)N(C)c1ccc(OC)cc1. The summed E-state index contributed by atoms with van der Waals surface area (Å²) in [5, 5.41) is 9.57. The highest BCUT2D eigenvalue weighted by Gasteiger charge is 2.39. The van der Waals surface area contributed by atoms with E-state index in [4.69, 9.17) is 4.74 Å². The van der Waals surface area contributed by atoms with E-state index in [2.05, 4.69) is 6.07 Å². The molecule has 0 N–H and O–H groups in total. The Hall–Kier alpha value is -2.02. The summed E-state index contributed by atoms with van der Waals surface area (Å²) < 4.78 is 5.12. The number of amides is 1. The van der Waals surface area contributed by atoms with Crippen molar-refractivity contribution < 1.29 is 9.53 Å². The van der Waals surface area contributed by atoms with Gasteiger partial charge in [0.1, 0.15) is 11.2 Å². The maximum Gasteiger partial charge on any atom is 0.247 e. The Kier molecular flexibility index (Phi) is 6.23. The van der Waals surface area contributed by atoms with E-state index in [9.17, 15) is 10.1 Å². The minimum Gasteiger partial charge on any atom is -0.497 e. The van der Waals surface area contributed by atoms with Crippen molar-refractivity contribution >= 4 is 11.6 Å². The fourth-order valence-corrected chi connectivity index (χ4v) is 2.60. The Morgan fingerprint density at radius 1 is 1.24 bits per heavy atom. The maximum absolute atomic E-state index is 12.8. The van der Waals surface area contributed by atoms with Gasteiger partial charge in [-0.25, -0.2) is 0 Å². The topological polar surface area (TPSA) is 53.3 Å². The largest absolute Gasteiger partial charge is 0.497 e. The summed E-state index contributed by atoms with van der Waals surface area (Å²) in [4.78, 5) is 14.4. The summed E-state index contributed by atoms with van der Waals surface area (Å²) in [5.74, 6) is 0.618. The van der Waals surface area contributed by atoms with Gasteiger partial charge in [0.25, 0.3) is 0 Å². The van der Waals surface area contributed by atoms with Gasteiger partial charge in [-0.3, -0.25) is 4.79 Å². The molecule has 4 heteroatoms. The second-order valence-corrected chi connectivity index (χ2v) is 5.26. The van der Waals surface area contributed by atoms with Gasteiger partial charge in [0, 0.05) is 12.7 Å². The number of rotatable bonds is 7. The predicted octanol–water partition coefficient (Wildman–Crippen LogP) is 3.77. The summed E-state index contributed by atoms with van der Waals surface area (Å²) in [6.07, 6.45) is 2.82. The second-order valence-electron chi connectivity index (χ2n) is 5.26. The van der Waals surface area contributed by atoms with Crippen LogP contribution in [-0.4, -0.2) is 20.1 Å². The van der Waals surface area contributed by atoms with Crippen molar-refractivity contribution in [2.75, 3.05) is 19.1 Å². The molecule has 0 spiro atoms. The number of methoxy groups -OCH3 is 1. The molecule has 0 radical (unpaired) electrons. The molecule has 1 rings (SSSR count). The zero-order valence-corrected chi connectivity index (χ0v) is 13.3. The van der Waals surface area contributed by atoms with Crippen LogP contribution in [-0.2, 0) is 4.79 Å². The standard InChI is InChI=1S/C17H24N2O2/c1-5-11-17(13-18,12-6-2)16(20)19(3)14-7-9-15(21-4)10-8-14/h7-10H,5-6,11-12H2,1-4H3. The van der Waals surface area contributed by atoms with E-state index in [0.717, 1.165) is 24.3 Å². The van der Waals surface area contributed by atoms with Gasteiger partial charge < -0.3 is 9.64 Å². The summed E-state index contributed by atoms with van der Waals surface area (Å²) in [5.41, 5.74) is -0.148. The highest BCUT2D eigenvalue weighted by molar-refractivity contribution is 5.98. The Morgan fingerprint density at radius 2 is 1.76 bits per heavy atom. The second kappa shape index (κ2) is 7.68. The third-order valence-corrected chi connectivity index (χ3v) is 3.74. The number of carbonyl (C=O) groups is 1. The van der Waals surface area contributed by atoms with Gasteiger partial charge in [0.15, 0.2) is 0 Å². The molecule has 0 saturated heterocycles. The first-order valence-corrected chi connectivity index (χ1v) is 7.38. The number of anilines is 1. The van der Waals surface area contributed by atoms with E-state index in [1.165, 1.54) is 0 Å². The van der Waals surface area contributed by atoms with Gasteiger partial charge in [-0.05, 0) is 37.1 Å². The molecule has 1 aromatic carbocycles. The Bertz CT molecular complexity index is 497. The number of nitriles is 1. The monoisotopic (exact) mass is 288 g/mol. The Balaban J connectivity index is 3.04. The molecule has 0 heterocycles. The third-order valence-electron chi connectivity index (χ3n) is 3.74. The van der Waals surface area contributed by atoms with Crippen molar-refractivity contribution in [3.05, 3.63) is 24.3 Å². The highest BCUT2D eigenvalue weighted by atomic mass is 16.5. The first-order chi connectivity index (χ1) is 10.0. The molecule has 0 aliphatic heterocycles. The fourth-order valence-electron chi connectivity index (χ4n) is 2.60. The minimum absolute atomic E-state index is 0.126. The lowest BCUT2D eigenvalue weighted by atomic mass is 9.79. The minimum atomic E-state index is -0.918. The molecule has 0 aliphatic carbocycles. The lowest BCUT2D eigenvalue weighted by Gasteiger charge is -2.30. The van der Waals surface area contributed by atoms with Crippen LogP contribution in [0.25, 0.3) is 0 Å². The molecule has 0 aliphatic rings. The van der Waals surface area contributed by atoms with Crippen LogP contribution in [0.4, 0.5) is 5.69 Å². The van der Waals surface area contributed by atoms with Crippen LogP contribution in [0.3, 0.4) is 0 Å². The van der Waals surface area contributed by atoms with Gasteiger partial charge in [0.05, 0.1) is 13.2 Å². The van der Waals surface area contributed by atoms with Gasteiger partial charge in [-0.15, -0.1) is 0 Å². The number of hydrogen-bond acceptors (Lipinski definition) is 3. The molecular formula is C17H24N2O2. The molecule has 114 valence electrons. The van der Waals surface area contributed by atoms with E-state index in [1.807, 2.05) is 38.1 Å². The zero-order valence-electron chi connectivity index (χ0n) is 13.3. The number of hydrogen-bond donors (Lipinski definition) is 0. The van der Waals surface area contributed by atoms with Crippen molar-refractivity contribution in [2.45, 2.75) is 39.5 Å². The van der Waals surface area contributed by atoms with Crippen LogP contribution in [0.15, 0.2) is 24.3 Å². The van der Waals surface area contributed by atoms with Crippen molar-refractivity contribution in [2.24, 2.45) is 5.41 Å². The normalized spacial score (nSPS) is 10.8. The lowest BCUT2D eigenvalue weighted by molar-refractivity contribution is -0.125. The quantitative estimate of drug-likeness (QED) is 0.767. The third kappa shape index (κ3) is 3.75. The number of nitrogens with zero attached hydrogens (tertiary/aromatic N) is 2. The molecule has 0 atom stereocenters. The van der Waals surface area contributed by atoms with E-state index < -0.39 is 5.41 Å². The lowest BCUT2D eigenvalue weighted by Crippen LogP contribution is -2.41. The number of carbonyl (C=O) groups excluding carboxylic acids is 1. The molecular weight excluding hydrogens is 264 g/mol. The molecule has 0 unspecified atom stereocenters. The van der Waals surface area contributed by atoms with Gasteiger partial charge >= 0.3 is 0 Å². The first kappa shape index (κ1) is 17.0. The smallest absolute Gasteiger partial charge is 0.247 e. The molecule has 0 aromatic heterocycles. The van der Waals surface area contributed by atoms with Crippen LogP contribution >= 0.6 is 0 Å². The predicted molar refractivity (Wildman–Crippen MR) is 84.3 cm³/mol. The first-order valence-electron chi connectivity index (χ1n) is 7.38. The number of benzene rings is 1. The maximum atomic E-state index is 12.8. The Labute approximate surface area is 127 Å². The van der Waals surface area contributed by atoms with Crippen molar-refractivity contribution in [1.29, 1.82) is 5.26 Å². The highest BCUT2D eigenvalue weighted by Crippen LogP contribution is 2.33. The van der Waals surface area contributed by atoms with E-state index in [0.29, 0.717) is 12.8 Å². The van der Waals surface area contributed by atoms with Crippen molar-refractivity contribution in [3.63, 3.8) is 0 Å². The van der Waals surface area contributed by atoms with Gasteiger partial charge in [-0.1, -0.05) is 26.7 Å². The molecule has 0 saturated carbocycles. The molecule has 0 bridgehead atoms. The fraction of sp³-hybridized carbons (Fsp3) is 0.529. The van der Waals surface area contributed by atoms with Gasteiger partial charge in [0.2, 0.25) is 5.91 Å². The average molecular weight is 288 g/mol. The summed E-state index contributed by atoms with van der Waals surface area (Å²) in [6.45, 7) is 4.00. The average Bonchev–Trinajstić information content (AvgIpc) is 2.53. The number of ether oxygens (including phenoxy) is 1. The zero-order chi connectivity index (χ0) is 15.9. The van der Waals surface area contributed by atoms with Crippen LogP contribution in [0.2, 0.25) is 0 Å². The van der Waals surface area contributed by atoms with Crippen LogP contribution < -0.4 is 9.64 Å². The van der Waals surface area contributed by atoms with Crippen LogP contribution in [0.1, 0.15) is 39.5 Å². The van der Waals surface area contributed by atoms with Crippen LogP contribution in [0, 0.1) is 16.7 Å².